The monoisotopic (exact) mass is 427 g/mol. The number of hydrogen-bond donors (Lipinski definition) is 1. The number of likely N-dealkylation sites (N-methyl/N-ethyl adjacent to an activating group) is 1. The van der Waals surface area contributed by atoms with Crippen LogP contribution in [0.15, 0.2) is 35.3 Å². The molecule has 2 unspecified atom stereocenters. The van der Waals surface area contributed by atoms with Gasteiger partial charge in [0.25, 0.3) is 5.91 Å². The fraction of sp³-hybridized carbons (Fsp3) is 0.625. The van der Waals surface area contributed by atoms with Crippen molar-refractivity contribution in [1.82, 2.24) is 20.0 Å². The summed E-state index contributed by atoms with van der Waals surface area (Å²) in [6.45, 7) is 3.71. The molecule has 1 aromatic carbocycles. The molecule has 170 valence electrons. The van der Waals surface area contributed by atoms with Gasteiger partial charge in [0.05, 0.1) is 0 Å². The second-order valence-electron chi connectivity index (χ2n) is 8.70. The molecule has 7 heteroatoms. The van der Waals surface area contributed by atoms with Gasteiger partial charge in [0.2, 0.25) is 0 Å². The van der Waals surface area contributed by atoms with E-state index in [9.17, 15) is 9.59 Å². The Bertz CT molecular complexity index is 766. The van der Waals surface area contributed by atoms with E-state index >= 15 is 0 Å². The fourth-order valence-electron chi connectivity index (χ4n) is 4.41. The van der Waals surface area contributed by atoms with Crippen molar-refractivity contribution in [2.45, 2.75) is 77.0 Å². The van der Waals surface area contributed by atoms with Gasteiger partial charge in [-0.2, -0.15) is 0 Å². The van der Waals surface area contributed by atoms with Crippen molar-refractivity contribution in [3.05, 3.63) is 35.9 Å². The Morgan fingerprint density at radius 3 is 2.32 bits per heavy atom. The zero-order valence-corrected chi connectivity index (χ0v) is 19.2. The molecule has 31 heavy (non-hydrogen) atoms. The second-order valence-corrected chi connectivity index (χ2v) is 8.70. The quantitative estimate of drug-likeness (QED) is 0.545. The standard InChI is InChI=1S/C24H37N5O2/c1-4-5-6-7-8-9-10-14-17-29-20-21(28(3)24(31)26-22(20)30)25-23(29)27(2)18-19-15-12-11-13-16-19/h11-13,15-16,20-21H,4-10,14,17-18H2,1-3H3,(H,26,30,31). The largest absolute Gasteiger partial charge is 0.341 e. The van der Waals surface area contributed by atoms with E-state index < -0.39 is 12.2 Å². The van der Waals surface area contributed by atoms with Crippen LogP contribution in [0, 0.1) is 0 Å². The summed E-state index contributed by atoms with van der Waals surface area (Å²) in [4.78, 5) is 35.4. The Balaban J connectivity index is 1.64. The first-order valence-corrected chi connectivity index (χ1v) is 11.7. The maximum Gasteiger partial charge on any atom is 0.325 e. The average Bonchev–Trinajstić information content (AvgIpc) is 3.15. The highest BCUT2D eigenvalue weighted by atomic mass is 16.2. The number of carbonyl (C=O) groups is 2. The van der Waals surface area contributed by atoms with Crippen molar-refractivity contribution >= 4 is 17.9 Å². The lowest BCUT2D eigenvalue weighted by molar-refractivity contribution is -0.127. The van der Waals surface area contributed by atoms with Crippen LogP contribution < -0.4 is 5.32 Å². The molecule has 0 aromatic heterocycles. The number of nitrogens with one attached hydrogen (secondary N) is 1. The summed E-state index contributed by atoms with van der Waals surface area (Å²) in [5, 5.41) is 2.48. The van der Waals surface area contributed by atoms with Crippen LogP contribution in [0.25, 0.3) is 0 Å². The fourth-order valence-corrected chi connectivity index (χ4v) is 4.41. The molecule has 0 aliphatic carbocycles. The smallest absolute Gasteiger partial charge is 0.325 e. The van der Waals surface area contributed by atoms with Crippen molar-refractivity contribution in [3.8, 4) is 0 Å². The molecular weight excluding hydrogens is 390 g/mol. The predicted octanol–water partition coefficient (Wildman–Crippen LogP) is 3.81. The van der Waals surface area contributed by atoms with Crippen molar-refractivity contribution in [1.29, 1.82) is 0 Å². The molecule has 2 aliphatic rings. The van der Waals surface area contributed by atoms with Crippen LogP contribution >= 0.6 is 0 Å². The summed E-state index contributed by atoms with van der Waals surface area (Å²) in [5.41, 5.74) is 1.18. The molecule has 3 amide bonds. The summed E-state index contributed by atoms with van der Waals surface area (Å²) < 4.78 is 0. The summed E-state index contributed by atoms with van der Waals surface area (Å²) in [7, 11) is 3.71. The second kappa shape index (κ2) is 11.2. The minimum absolute atomic E-state index is 0.250. The molecular formula is C24H37N5O2. The first-order valence-electron chi connectivity index (χ1n) is 11.7. The number of aliphatic imine (C=N–C) groups is 1. The topological polar surface area (TPSA) is 68.2 Å². The highest BCUT2D eigenvalue weighted by molar-refractivity contribution is 6.03. The number of benzene rings is 1. The molecule has 1 saturated heterocycles. The third-order valence-corrected chi connectivity index (χ3v) is 6.20. The minimum atomic E-state index is -0.469. The van der Waals surface area contributed by atoms with E-state index in [1.54, 1.807) is 7.05 Å². The maximum absolute atomic E-state index is 12.7. The SMILES string of the molecule is CCCCCCCCCCN1C(N(C)Cc2ccccc2)=NC2C1C(=O)NC(=O)N2C. The molecule has 1 aromatic rings. The number of hydrogen-bond acceptors (Lipinski definition) is 5. The van der Waals surface area contributed by atoms with E-state index in [1.807, 2.05) is 25.2 Å². The normalized spacial score (nSPS) is 20.5. The number of unbranched alkanes of at least 4 members (excludes halogenated alkanes) is 7. The zero-order valence-electron chi connectivity index (χ0n) is 19.2. The van der Waals surface area contributed by atoms with Crippen molar-refractivity contribution < 1.29 is 9.59 Å². The van der Waals surface area contributed by atoms with Crippen LogP contribution in [0.4, 0.5) is 4.79 Å². The Morgan fingerprint density at radius 2 is 1.65 bits per heavy atom. The van der Waals surface area contributed by atoms with Crippen LogP contribution in [0.3, 0.4) is 0 Å². The Labute approximate surface area is 186 Å². The number of nitrogens with zero attached hydrogens (tertiary/aromatic N) is 4. The van der Waals surface area contributed by atoms with Crippen molar-refractivity contribution in [2.75, 3.05) is 20.6 Å². The Morgan fingerprint density at radius 1 is 1.00 bits per heavy atom. The molecule has 2 atom stereocenters. The number of guanidine groups is 1. The van der Waals surface area contributed by atoms with Gasteiger partial charge in [-0.25, -0.2) is 9.79 Å². The molecule has 2 aliphatic heterocycles. The molecule has 1 fully saturated rings. The molecule has 0 bridgehead atoms. The van der Waals surface area contributed by atoms with Crippen molar-refractivity contribution in [3.63, 3.8) is 0 Å². The zero-order chi connectivity index (χ0) is 22.2. The van der Waals surface area contributed by atoms with Crippen molar-refractivity contribution in [2.24, 2.45) is 4.99 Å². The highest BCUT2D eigenvalue weighted by Gasteiger charge is 2.49. The van der Waals surface area contributed by atoms with Gasteiger partial charge in [-0.05, 0) is 12.0 Å². The first kappa shape index (κ1) is 23.1. The summed E-state index contributed by atoms with van der Waals surface area (Å²) in [5.74, 6) is 0.540. The maximum atomic E-state index is 12.7. The molecule has 0 radical (unpaired) electrons. The van der Waals surface area contributed by atoms with E-state index in [2.05, 4.69) is 34.2 Å². The lowest BCUT2D eigenvalue weighted by Gasteiger charge is -2.37. The molecule has 2 heterocycles. The minimum Gasteiger partial charge on any atom is -0.341 e. The molecule has 0 spiro atoms. The van der Waals surface area contributed by atoms with E-state index in [4.69, 9.17) is 4.99 Å². The van der Waals surface area contributed by atoms with Gasteiger partial charge in [-0.3, -0.25) is 10.1 Å². The molecule has 3 rings (SSSR count). The average molecular weight is 428 g/mol. The number of carbonyl (C=O) groups excluding carboxylic acids is 2. The van der Waals surface area contributed by atoms with Gasteiger partial charge in [-0.1, -0.05) is 82.2 Å². The first-order chi connectivity index (χ1) is 15.0. The Kier molecular flexibility index (Phi) is 8.32. The third kappa shape index (κ3) is 5.77. The van der Waals surface area contributed by atoms with E-state index in [0.717, 1.165) is 25.3 Å². The van der Waals surface area contributed by atoms with Crippen LogP contribution in [0.1, 0.15) is 63.9 Å². The highest BCUT2D eigenvalue weighted by Crippen LogP contribution is 2.26. The number of amides is 3. The summed E-state index contributed by atoms with van der Waals surface area (Å²) >= 11 is 0. The summed E-state index contributed by atoms with van der Waals surface area (Å²) in [6, 6.07) is 9.39. The molecule has 7 nitrogen and oxygen atoms in total. The van der Waals surface area contributed by atoms with E-state index in [0.29, 0.717) is 6.54 Å². The van der Waals surface area contributed by atoms with E-state index in [1.165, 1.54) is 49.0 Å². The lowest BCUT2D eigenvalue weighted by atomic mass is 10.1. The number of imide groups is 1. The lowest BCUT2D eigenvalue weighted by Crippen LogP contribution is -2.64. The van der Waals surface area contributed by atoms with E-state index in [-0.39, 0.29) is 11.9 Å². The summed E-state index contributed by atoms with van der Waals surface area (Å²) in [6.07, 6.45) is 9.43. The van der Waals surface area contributed by atoms with Crippen LogP contribution in [-0.2, 0) is 11.3 Å². The third-order valence-electron chi connectivity index (χ3n) is 6.20. The molecule has 1 N–H and O–H groups in total. The van der Waals surface area contributed by atoms with Gasteiger partial charge in [-0.15, -0.1) is 0 Å². The van der Waals surface area contributed by atoms with Gasteiger partial charge >= 0.3 is 6.03 Å². The van der Waals surface area contributed by atoms with Gasteiger partial charge in [0, 0.05) is 27.2 Å². The number of fused-ring (bicyclic) bond motifs is 1. The number of rotatable bonds is 11. The predicted molar refractivity (Wildman–Crippen MR) is 124 cm³/mol. The van der Waals surface area contributed by atoms with Gasteiger partial charge in [0.15, 0.2) is 18.2 Å². The van der Waals surface area contributed by atoms with Crippen LogP contribution in [0.5, 0.6) is 0 Å². The van der Waals surface area contributed by atoms with Gasteiger partial charge in [0.1, 0.15) is 0 Å². The van der Waals surface area contributed by atoms with Gasteiger partial charge < -0.3 is 14.7 Å². The van der Waals surface area contributed by atoms with Crippen LogP contribution in [0.2, 0.25) is 0 Å². The molecule has 0 saturated carbocycles. The number of urea groups is 1. The van der Waals surface area contributed by atoms with Crippen LogP contribution in [-0.4, -0.2) is 65.4 Å². The Hall–Kier alpha value is -2.57.